The van der Waals surface area contributed by atoms with Crippen molar-refractivity contribution in [2.75, 3.05) is 4.90 Å². The van der Waals surface area contributed by atoms with Gasteiger partial charge in [0.15, 0.2) is 0 Å². The summed E-state index contributed by atoms with van der Waals surface area (Å²) in [6.45, 7) is 0. The fourth-order valence-corrected chi connectivity index (χ4v) is 7.56. The minimum Gasteiger partial charge on any atom is -0.310 e. The van der Waals surface area contributed by atoms with Gasteiger partial charge in [-0.2, -0.15) is 0 Å². The number of rotatable bonds is 1. The largest absolute Gasteiger partial charge is 0.310 e. The van der Waals surface area contributed by atoms with Crippen molar-refractivity contribution in [1.82, 2.24) is 0 Å². The molecule has 0 unspecified atom stereocenters. The van der Waals surface area contributed by atoms with E-state index in [-0.39, 0.29) is 0 Å². The van der Waals surface area contributed by atoms with Gasteiger partial charge in [-0.25, -0.2) is 0 Å². The number of halogens is 1. The molecular weight excluding hydrogens is 518 g/mol. The first-order valence-electron chi connectivity index (χ1n) is 14.0. The third kappa shape index (κ3) is 3.02. The van der Waals surface area contributed by atoms with Crippen LogP contribution >= 0.6 is 11.6 Å². The normalized spacial score (nSPS) is 14.1. The summed E-state index contributed by atoms with van der Waals surface area (Å²) in [5.74, 6) is 0. The van der Waals surface area contributed by atoms with Crippen LogP contribution in [0.15, 0.2) is 146 Å². The molecule has 1 spiro atoms. The second-order valence-electron chi connectivity index (χ2n) is 11.1. The second-order valence-corrected chi connectivity index (χ2v) is 11.5. The van der Waals surface area contributed by atoms with E-state index in [1.807, 2.05) is 6.07 Å². The van der Waals surface area contributed by atoms with Crippen LogP contribution in [0.1, 0.15) is 22.3 Å². The van der Waals surface area contributed by atoms with Crippen molar-refractivity contribution in [3.05, 3.63) is 173 Å². The molecule has 1 heterocycles. The number of nitrogens with zero attached hydrogens (tertiary/aromatic N) is 1. The Labute approximate surface area is 243 Å². The third-order valence-electron chi connectivity index (χ3n) is 9.04. The van der Waals surface area contributed by atoms with Gasteiger partial charge in [-0.15, -0.1) is 0 Å². The minimum absolute atomic E-state index is 0.527. The summed E-state index contributed by atoms with van der Waals surface area (Å²) in [5.41, 5.74) is 10.6. The van der Waals surface area contributed by atoms with Crippen LogP contribution < -0.4 is 4.90 Å². The highest BCUT2D eigenvalue weighted by atomic mass is 35.5. The van der Waals surface area contributed by atoms with Gasteiger partial charge >= 0.3 is 0 Å². The van der Waals surface area contributed by atoms with Gasteiger partial charge < -0.3 is 4.90 Å². The first-order valence-corrected chi connectivity index (χ1v) is 14.4. The molecule has 0 saturated carbocycles. The van der Waals surface area contributed by atoms with Crippen molar-refractivity contribution >= 4 is 50.2 Å². The monoisotopic (exact) mass is 541 g/mol. The Bertz CT molecular complexity index is 2090. The summed E-state index contributed by atoms with van der Waals surface area (Å²) >= 11 is 6.83. The molecule has 2 heteroatoms. The second kappa shape index (κ2) is 8.33. The molecule has 1 aliphatic carbocycles. The maximum Gasteiger partial charge on any atom is 0.0755 e. The van der Waals surface area contributed by atoms with E-state index in [0.717, 1.165) is 10.7 Å². The number of anilines is 3. The van der Waals surface area contributed by atoms with Gasteiger partial charge in [-0.3, -0.25) is 0 Å². The molecule has 0 atom stereocenters. The number of benzene rings is 7. The highest BCUT2D eigenvalue weighted by Crippen LogP contribution is 2.64. The molecule has 0 bridgehead atoms. The van der Waals surface area contributed by atoms with Crippen LogP contribution in [0.4, 0.5) is 17.1 Å². The summed E-state index contributed by atoms with van der Waals surface area (Å²) in [6, 6.07) is 53.1. The van der Waals surface area contributed by atoms with E-state index in [2.05, 4.69) is 144 Å². The van der Waals surface area contributed by atoms with Crippen molar-refractivity contribution < 1.29 is 0 Å². The lowest BCUT2D eigenvalue weighted by atomic mass is 9.64. The minimum atomic E-state index is -0.527. The topological polar surface area (TPSA) is 3.24 Å². The number of para-hydroxylation sites is 1. The molecule has 7 aromatic carbocycles. The van der Waals surface area contributed by atoms with E-state index >= 15 is 0 Å². The molecule has 1 nitrogen and oxygen atoms in total. The maximum absolute atomic E-state index is 6.83. The van der Waals surface area contributed by atoms with Crippen molar-refractivity contribution in [2.45, 2.75) is 5.41 Å². The SMILES string of the molecule is Clc1ccc2c(c1)C1(c3ccccc3-2)c2cc3ccccc3cc2N(c2ccccc2)c2cc3ccccc3cc21. The van der Waals surface area contributed by atoms with Crippen LogP contribution in [0.25, 0.3) is 32.7 Å². The van der Waals surface area contributed by atoms with Gasteiger partial charge in [0.2, 0.25) is 0 Å². The van der Waals surface area contributed by atoms with Crippen LogP contribution in [0, 0.1) is 0 Å². The van der Waals surface area contributed by atoms with E-state index in [1.165, 1.54) is 66.3 Å². The van der Waals surface area contributed by atoms with Gasteiger partial charge in [0.05, 0.1) is 16.8 Å². The predicted molar refractivity (Wildman–Crippen MR) is 172 cm³/mol. The fourth-order valence-electron chi connectivity index (χ4n) is 7.39. The lowest BCUT2D eigenvalue weighted by Gasteiger charge is -2.45. The summed E-state index contributed by atoms with van der Waals surface area (Å²) in [6.07, 6.45) is 0. The van der Waals surface area contributed by atoms with Gasteiger partial charge in [-0.05, 0) is 103 Å². The molecule has 0 saturated heterocycles. The molecule has 0 amide bonds. The van der Waals surface area contributed by atoms with Gasteiger partial charge in [0.25, 0.3) is 0 Å². The molecule has 9 rings (SSSR count). The predicted octanol–water partition coefficient (Wildman–Crippen LogP) is 10.8. The molecule has 0 radical (unpaired) electrons. The molecule has 7 aromatic rings. The fraction of sp³-hybridized carbons (Fsp3) is 0.0256. The van der Waals surface area contributed by atoms with E-state index in [0.29, 0.717) is 0 Å². The molecule has 2 aliphatic rings. The van der Waals surface area contributed by atoms with Crippen molar-refractivity contribution in [3.8, 4) is 11.1 Å². The van der Waals surface area contributed by atoms with Crippen LogP contribution in [0.2, 0.25) is 5.02 Å². The van der Waals surface area contributed by atoms with Gasteiger partial charge in [0, 0.05) is 10.7 Å². The summed E-state index contributed by atoms with van der Waals surface area (Å²) in [4.78, 5) is 2.46. The van der Waals surface area contributed by atoms with Crippen molar-refractivity contribution in [2.24, 2.45) is 0 Å². The van der Waals surface area contributed by atoms with Crippen molar-refractivity contribution in [1.29, 1.82) is 0 Å². The van der Waals surface area contributed by atoms with E-state index in [4.69, 9.17) is 11.6 Å². The Hall–Kier alpha value is -4.85. The Balaban J connectivity index is 1.54. The molecule has 41 heavy (non-hydrogen) atoms. The highest BCUT2D eigenvalue weighted by Gasteiger charge is 2.52. The van der Waals surface area contributed by atoms with Crippen LogP contribution in [0.3, 0.4) is 0 Å². The van der Waals surface area contributed by atoms with Crippen LogP contribution in [-0.4, -0.2) is 0 Å². The number of hydrogen-bond acceptors (Lipinski definition) is 1. The van der Waals surface area contributed by atoms with Crippen LogP contribution in [0.5, 0.6) is 0 Å². The molecule has 0 N–H and O–H groups in total. The van der Waals surface area contributed by atoms with E-state index in [9.17, 15) is 0 Å². The molecule has 0 aromatic heterocycles. The van der Waals surface area contributed by atoms with E-state index < -0.39 is 5.41 Å². The summed E-state index contributed by atoms with van der Waals surface area (Å²) in [5, 5.41) is 5.67. The molecule has 0 fully saturated rings. The Kier molecular flexibility index (Phi) is 4.66. The smallest absolute Gasteiger partial charge is 0.0755 e. The van der Waals surface area contributed by atoms with Gasteiger partial charge in [0.1, 0.15) is 0 Å². The third-order valence-corrected chi connectivity index (χ3v) is 9.27. The maximum atomic E-state index is 6.83. The average molecular weight is 542 g/mol. The first kappa shape index (κ1) is 22.9. The summed E-state index contributed by atoms with van der Waals surface area (Å²) in [7, 11) is 0. The molecule has 1 aliphatic heterocycles. The van der Waals surface area contributed by atoms with Crippen molar-refractivity contribution in [3.63, 3.8) is 0 Å². The molecule has 192 valence electrons. The zero-order valence-corrected chi connectivity index (χ0v) is 22.9. The summed E-state index contributed by atoms with van der Waals surface area (Å²) < 4.78 is 0. The van der Waals surface area contributed by atoms with E-state index in [1.54, 1.807) is 0 Å². The average Bonchev–Trinajstić information content (AvgIpc) is 3.30. The Morgan fingerprint density at radius 1 is 0.415 bits per heavy atom. The number of hydrogen-bond donors (Lipinski definition) is 0. The molecular formula is C39H24ClN. The zero-order chi connectivity index (χ0) is 27.1. The Morgan fingerprint density at radius 3 is 1.56 bits per heavy atom. The standard InChI is InChI=1S/C39H24ClN/c40-29-18-19-32-31-16-8-9-17-33(31)39(34(32)24-29)35-20-25-10-4-6-12-27(25)22-37(35)41(30-14-2-1-3-15-30)38-23-28-13-7-5-11-26(28)21-36(38)39/h1-24H. The first-order chi connectivity index (χ1) is 20.2. The lowest BCUT2D eigenvalue weighted by Crippen LogP contribution is -2.36. The number of fused-ring (bicyclic) bond motifs is 11. The quantitative estimate of drug-likeness (QED) is 0.200. The highest BCUT2D eigenvalue weighted by molar-refractivity contribution is 6.30. The van der Waals surface area contributed by atoms with Gasteiger partial charge in [-0.1, -0.05) is 109 Å². The Morgan fingerprint density at radius 2 is 0.927 bits per heavy atom. The zero-order valence-electron chi connectivity index (χ0n) is 22.2. The van der Waals surface area contributed by atoms with Crippen LogP contribution in [-0.2, 0) is 5.41 Å². The lowest BCUT2D eigenvalue weighted by molar-refractivity contribution is 0.756.